The van der Waals surface area contributed by atoms with E-state index in [1.165, 1.54) is 49.7 Å². The molecule has 4 aromatic carbocycles. The maximum absolute atomic E-state index is 6.42. The summed E-state index contributed by atoms with van der Waals surface area (Å²) in [6.45, 7) is 8.46. The van der Waals surface area contributed by atoms with Gasteiger partial charge >= 0.3 is 7.12 Å². The third kappa shape index (κ3) is 2.66. The fourth-order valence-electron chi connectivity index (χ4n) is 7.39. The van der Waals surface area contributed by atoms with E-state index in [4.69, 9.17) is 9.31 Å². The first-order chi connectivity index (χ1) is 18.3. The molecule has 3 aliphatic carbocycles. The zero-order valence-corrected chi connectivity index (χ0v) is 22.5. The van der Waals surface area contributed by atoms with Crippen molar-refractivity contribution in [3.05, 3.63) is 119 Å². The van der Waals surface area contributed by atoms with Crippen LogP contribution in [0.3, 0.4) is 0 Å². The normalized spacial score (nSPS) is 23.6. The van der Waals surface area contributed by atoms with Crippen LogP contribution in [0, 0.1) is 0 Å². The monoisotopic (exact) mass is 494 g/mol. The summed E-state index contributed by atoms with van der Waals surface area (Å²) in [7, 11) is -0.367. The lowest BCUT2D eigenvalue weighted by molar-refractivity contribution is 0.00578. The van der Waals surface area contributed by atoms with Crippen LogP contribution in [-0.2, 0) is 14.7 Å². The number of fused-ring (bicyclic) bond motifs is 11. The van der Waals surface area contributed by atoms with Crippen LogP contribution in [0.5, 0.6) is 0 Å². The lowest BCUT2D eigenvalue weighted by Gasteiger charge is -2.34. The number of allylic oxidation sites excluding steroid dienone is 4. The van der Waals surface area contributed by atoms with Gasteiger partial charge in [0.25, 0.3) is 0 Å². The molecule has 3 heteroatoms. The van der Waals surface area contributed by atoms with E-state index in [1.54, 1.807) is 5.57 Å². The predicted octanol–water partition coefficient (Wildman–Crippen LogP) is 7.57. The second-order valence-corrected chi connectivity index (χ2v) is 12.2. The topological polar surface area (TPSA) is 18.5 Å². The van der Waals surface area contributed by atoms with E-state index in [-0.39, 0.29) is 23.7 Å². The van der Waals surface area contributed by atoms with Gasteiger partial charge in [-0.1, -0.05) is 91.0 Å². The van der Waals surface area contributed by atoms with Gasteiger partial charge in [-0.2, -0.15) is 0 Å². The molecule has 2 nitrogen and oxygen atoms in total. The highest BCUT2D eigenvalue weighted by molar-refractivity contribution is 6.62. The Balaban J connectivity index is 1.41. The quantitative estimate of drug-likeness (QED) is 0.254. The van der Waals surface area contributed by atoms with Crippen molar-refractivity contribution < 1.29 is 9.31 Å². The number of hydrogen-bond donors (Lipinski definition) is 0. The Labute approximate surface area is 225 Å². The standard InChI is InChI=1S/C35H31BO2/c1-33(2)34(3,4)38-36(37-33)23-18-20-24-22(21-23)17-19-28-27-13-7-10-16-31(27)35(32(24)28)29-14-8-5-11-25(29)26-12-6-9-15-30(26)35/h5-8,10-14,16-21H,9,15H2,1-4H3. The van der Waals surface area contributed by atoms with Crippen molar-refractivity contribution in [3.63, 3.8) is 0 Å². The van der Waals surface area contributed by atoms with Crippen LogP contribution in [0.25, 0.3) is 27.5 Å². The predicted molar refractivity (Wildman–Crippen MR) is 157 cm³/mol. The number of hydrogen-bond acceptors (Lipinski definition) is 2. The van der Waals surface area contributed by atoms with Crippen molar-refractivity contribution >= 4 is 28.9 Å². The average Bonchev–Trinajstić information content (AvgIpc) is 3.48. The molecule has 4 aliphatic rings. The van der Waals surface area contributed by atoms with E-state index in [1.807, 2.05) is 0 Å². The zero-order chi connectivity index (χ0) is 25.9. The van der Waals surface area contributed by atoms with Gasteiger partial charge in [0.2, 0.25) is 0 Å². The fourth-order valence-corrected chi connectivity index (χ4v) is 7.39. The Bertz CT molecular complexity index is 1720. The first kappa shape index (κ1) is 22.6. The molecule has 1 saturated heterocycles. The summed E-state index contributed by atoms with van der Waals surface area (Å²) in [5.41, 5.74) is 11.4. The molecule has 8 rings (SSSR count). The Hall–Kier alpha value is -3.40. The van der Waals surface area contributed by atoms with Gasteiger partial charge in [-0.15, -0.1) is 0 Å². The summed E-state index contributed by atoms with van der Waals surface area (Å²) < 4.78 is 12.8. The molecule has 0 radical (unpaired) electrons. The zero-order valence-electron chi connectivity index (χ0n) is 22.5. The number of benzene rings is 4. The maximum Gasteiger partial charge on any atom is 0.494 e. The molecule has 4 aromatic rings. The Morgan fingerprint density at radius 3 is 2.16 bits per heavy atom. The summed E-state index contributed by atoms with van der Waals surface area (Å²) in [5, 5.41) is 2.55. The molecule has 1 aliphatic heterocycles. The molecule has 0 N–H and O–H groups in total. The van der Waals surface area contributed by atoms with E-state index in [0.29, 0.717) is 0 Å². The van der Waals surface area contributed by atoms with E-state index < -0.39 is 0 Å². The molecule has 0 aromatic heterocycles. The van der Waals surface area contributed by atoms with Crippen LogP contribution in [0.15, 0.2) is 96.6 Å². The van der Waals surface area contributed by atoms with E-state index >= 15 is 0 Å². The second-order valence-electron chi connectivity index (χ2n) is 12.2. The highest BCUT2D eigenvalue weighted by Crippen LogP contribution is 2.64. The van der Waals surface area contributed by atoms with Crippen LogP contribution in [0.2, 0.25) is 0 Å². The third-order valence-corrected chi connectivity index (χ3v) is 9.81. The molecular weight excluding hydrogens is 463 g/mol. The van der Waals surface area contributed by atoms with Gasteiger partial charge in [0.05, 0.1) is 16.6 Å². The molecule has 1 fully saturated rings. The van der Waals surface area contributed by atoms with Gasteiger partial charge in [0.1, 0.15) is 0 Å². The molecule has 1 atom stereocenters. The van der Waals surface area contributed by atoms with Crippen molar-refractivity contribution in [1.82, 2.24) is 0 Å². The van der Waals surface area contributed by atoms with Gasteiger partial charge in [-0.3, -0.25) is 0 Å². The minimum absolute atomic E-state index is 0.256. The molecule has 186 valence electrons. The van der Waals surface area contributed by atoms with Crippen LogP contribution in [-0.4, -0.2) is 18.3 Å². The van der Waals surface area contributed by atoms with E-state index in [0.717, 1.165) is 18.3 Å². The first-order valence-corrected chi connectivity index (χ1v) is 13.9. The lowest BCUT2D eigenvalue weighted by atomic mass is 9.67. The van der Waals surface area contributed by atoms with E-state index in [2.05, 4.69) is 119 Å². The van der Waals surface area contributed by atoms with Gasteiger partial charge in [0, 0.05) is 0 Å². The Morgan fingerprint density at radius 1 is 0.711 bits per heavy atom. The lowest BCUT2D eigenvalue weighted by Crippen LogP contribution is -2.41. The van der Waals surface area contributed by atoms with Crippen molar-refractivity contribution in [2.75, 3.05) is 0 Å². The molecule has 0 bridgehead atoms. The smallest absolute Gasteiger partial charge is 0.399 e. The Kier molecular flexibility index (Phi) is 4.38. The van der Waals surface area contributed by atoms with Gasteiger partial charge in [0.15, 0.2) is 0 Å². The van der Waals surface area contributed by atoms with Crippen molar-refractivity contribution in [2.24, 2.45) is 0 Å². The number of rotatable bonds is 1. The minimum atomic E-state index is -0.367. The van der Waals surface area contributed by atoms with Gasteiger partial charge in [-0.25, -0.2) is 0 Å². The largest absolute Gasteiger partial charge is 0.494 e. The average molecular weight is 494 g/mol. The van der Waals surface area contributed by atoms with E-state index in [9.17, 15) is 0 Å². The van der Waals surface area contributed by atoms with Gasteiger partial charge < -0.3 is 9.31 Å². The molecule has 0 saturated carbocycles. The van der Waals surface area contributed by atoms with Crippen LogP contribution in [0.1, 0.15) is 62.8 Å². The second kappa shape index (κ2) is 7.37. The molecular formula is C35H31BO2. The third-order valence-electron chi connectivity index (χ3n) is 9.81. The summed E-state index contributed by atoms with van der Waals surface area (Å²) in [6, 6.07) is 29.6. The van der Waals surface area contributed by atoms with Crippen LogP contribution < -0.4 is 5.46 Å². The molecule has 1 spiro atoms. The molecule has 0 amide bonds. The Morgan fingerprint density at radius 2 is 1.39 bits per heavy atom. The molecule has 1 unspecified atom stereocenters. The molecule has 1 heterocycles. The minimum Gasteiger partial charge on any atom is -0.399 e. The summed E-state index contributed by atoms with van der Waals surface area (Å²) in [4.78, 5) is 0. The summed E-state index contributed by atoms with van der Waals surface area (Å²) in [6.07, 6.45) is 6.88. The SMILES string of the molecule is CC1(C)OB(c2ccc3c4c(ccc3c2)-c2ccccc2C42C3=C(C=CCC3)c3ccccc32)OC1(C)C. The molecule has 38 heavy (non-hydrogen) atoms. The van der Waals surface area contributed by atoms with Crippen LogP contribution in [0.4, 0.5) is 0 Å². The fraction of sp³-hybridized carbons (Fsp3) is 0.257. The summed E-state index contributed by atoms with van der Waals surface area (Å²) >= 11 is 0. The van der Waals surface area contributed by atoms with Crippen molar-refractivity contribution in [1.29, 1.82) is 0 Å². The van der Waals surface area contributed by atoms with Crippen molar-refractivity contribution in [2.45, 2.75) is 57.2 Å². The van der Waals surface area contributed by atoms with Gasteiger partial charge in [-0.05, 0) is 101 Å². The van der Waals surface area contributed by atoms with Crippen molar-refractivity contribution in [3.8, 4) is 11.1 Å². The first-order valence-electron chi connectivity index (χ1n) is 13.9. The highest BCUT2D eigenvalue weighted by Gasteiger charge is 2.54. The maximum atomic E-state index is 6.42. The highest BCUT2D eigenvalue weighted by atomic mass is 16.7. The van der Waals surface area contributed by atoms with Crippen LogP contribution >= 0.6 is 0 Å². The summed E-state index contributed by atoms with van der Waals surface area (Å²) in [5.74, 6) is 0.